The Kier molecular flexibility index (Phi) is 6.18. The fourth-order valence-corrected chi connectivity index (χ4v) is 3.96. The summed E-state index contributed by atoms with van der Waals surface area (Å²) in [5.41, 5.74) is 0.369. The number of rotatable bonds is 6. The van der Waals surface area contributed by atoms with E-state index in [1.54, 1.807) is 17.0 Å². The second-order valence-corrected chi connectivity index (χ2v) is 8.20. The number of carbonyl (C=O) groups is 2. The fourth-order valence-electron chi connectivity index (χ4n) is 3.96. The molecule has 6 nitrogen and oxygen atoms in total. The van der Waals surface area contributed by atoms with Crippen LogP contribution in [0.25, 0.3) is 0 Å². The first kappa shape index (κ1) is 20.6. The zero-order valence-electron chi connectivity index (χ0n) is 17.3. The Morgan fingerprint density at radius 2 is 1.97 bits per heavy atom. The summed E-state index contributed by atoms with van der Waals surface area (Å²) in [6.45, 7) is 5.29. The Hall–Kier alpha value is -2.67. The van der Waals surface area contributed by atoms with Crippen LogP contribution in [0.3, 0.4) is 0 Å². The van der Waals surface area contributed by atoms with E-state index in [-0.39, 0.29) is 11.8 Å². The van der Waals surface area contributed by atoms with Crippen molar-refractivity contribution in [2.75, 3.05) is 32.7 Å². The first-order valence-corrected chi connectivity index (χ1v) is 10.6. The van der Waals surface area contributed by atoms with Crippen LogP contribution >= 0.6 is 0 Å². The molecule has 1 aromatic heterocycles. The summed E-state index contributed by atoms with van der Waals surface area (Å²) in [6.07, 6.45) is 2.87. The normalized spacial score (nSPS) is 17.6. The molecule has 1 aromatic carbocycles. The second kappa shape index (κ2) is 9.00. The van der Waals surface area contributed by atoms with Crippen molar-refractivity contribution in [2.45, 2.75) is 38.8 Å². The topological polar surface area (TPSA) is 57.0 Å². The highest BCUT2D eigenvalue weighted by molar-refractivity contribution is 5.94. The minimum atomic E-state index is -0.408. The number of halogens is 1. The molecule has 0 N–H and O–H groups in total. The van der Waals surface area contributed by atoms with Crippen molar-refractivity contribution in [3.05, 3.63) is 59.3 Å². The maximum absolute atomic E-state index is 13.5. The molecule has 0 unspecified atom stereocenters. The van der Waals surface area contributed by atoms with E-state index in [1.165, 1.54) is 12.1 Å². The van der Waals surface area contributed by atoms with Crippen LogP contribution in [0, 0.1) is 12.7 Å². The smallest absolute Gasteiger partial charge is 0.254 e. The molecule has 4 rings (SSSR count). The van der Waals surface area contributed by atoms with Gasteiger partial charge in [0, 0.05) is 37.8 Å². The van der Waals surface area contributed by atoms with E-state index in [4.69, 9.17) is 4.42 Å². The molecule has 30 heavy (non-hydrogen) atoms. The average Bonchev–Trinajstić information content (AvgIpc) is 3.52. The van der Waals surface area contributed by atoms with Gasteiger partial charge in [-0.1, -0.05) is 6.07 Å². The maximum Gasteiger partial charge on any atom is 0.254 e. The van der Waals surface area contributed by atoms with Crippen LogP contribution in [0.4, 0.5) is 4.39 Å². The lowest BCUT2D eigenvalue weighted by Crippen LogP contribution is -2.42. The summed E-state index contributed by atoms with van der Waals surface area (Å²) in [5, 5.41) is 0. The second-order valence-electron chi connectivity index (χ2n) is 8.20. The molecule has 1 saturated carbocycles. The van der Waals surface area contributed by atoms with Gasteiger partial charge in [-0.3, -0.25) is 14.5 Å². The van der Waals surface area contributed by atoms with Gasteiger partial charge in [0.2, 0.25) is 5.91 Å². The lowest BCUT2D eigenvalue weighted by Gasteiger charge is -2.26. The van der Waals surface area contributed by atoms with E-state index < -0.39 is 5.82 Å². The van der Waals surface area contributed by atoms with Crippen LogP contribution < -0.4 is 0 Å². The molecule has 160 valence electrons. The van der Waals surface area contributed by atoms with E-state index >= 15 is 0 Å². The van der Waals surface area contributed by atoms with E-state index in [0.29, 0.717) is 44.3 Å². The van der Waals surface area contributed by atoms with Gasteiger partial charge >= 0.3 is 0 Å². The zero-order chi connectivity index (χ0) is 21.1. The Morgan fingerprint density at radius 1 is 1.13 bits per heavy atom. The molecule has 1 saturated heterocycles. The standard InChI is InChI=1S/C23H28FN3O3/c1-17-6-9-21(30-17)15-27(20-7-8-20)22(28)16-25-10-3-11-26(13-12-25)23(29)18-4-2-5-19(24)14-18/h2,4-6,9,14,20H,3,7-8,10-13,15-16H2,1H3. The molecule has 0 spiro atoms. The van der Waals surface area contributed by atoms with Crippen molar-refractivity contribution < 1.29 is 18.4 Å². The molecule has 2 aliphatic rings. The predicted molar refractivity (Wildman–Crippen MR) is 110 cm³/mol. The zero-order valence-corrected chi connectivity index (χ0v) is 17.3. The molecule has 1 aliphatic carbocycles. The fraction of sp³-hybridized carbons (Fsp3) is 0.478. The summed E-state index contributed by atoms with van der Waals surface area (Å²) in [7, 11) is 0. The number of hydrogen-bond acceptors (Lipinski definition) is 4. The summed E-state index contributed by atoms with van der Waals surface area (Å²) in [6, 6.07) is 9.96. The minimum absolute atomic E-state index is 0.108. The molecule has 2 aromatic rings. The van der Waals surface area contributed by atoms with E-state index in [9.17, 15) is 14.0 Å². The van der Waals surface area contributed by atoms with E-state index in [0.717, 1.165) is 37.3 Å². The Balaban J connectivity index is 1.33. The van der Waals surface area contributed by atoms with Gasteiger partial charge in [0.25, 0.3) is 5.91 Å². The lowest BCUT2D eigenvalue weighted by molar-refractivity contribution is -0.133. The lowest BCUT2D eigenvalue weighted by atomic mass is 10.2. The minimum Gasteiger partial charge on any atom is -0.464 e. The van der Waals surface area contributed by atoms with Crippen molar-refractivity contribution in [3.63, 3.8) is 0 Å². The Labute approximate surface area is 176 Å². The highest BCUT2D eigenvalue weighted by Crippen LogP contribution is 2.29. The van der Waals surface area contributed by atoms with Crippen molar-refractivity contribution in [1.29, 1.82) is 0 Å². The largest absolute Gasteiger partial charge is 0.464 e. The quantitative estimate of drug-likeness (QED) is 0.730. The first-order valence-electron chi connectivity index (χ1n) is 10.6. The van der Waals surface area contributed by atoms with Gasteiger partial charge in [-0.15, -0.1) is 0 Å². The molecule has 1 aliphatic heterocycles. The average molecular weight is 413 g/mol. The van der Waals surface area contributed by atoms with Gasteiger partial charge in [-0.2, -0.15) is 0 Å². The number of furan rings is 1. The third-order valence-corrected chi connectivity index (χ3v) is 5.74. The molecule has 2 fully saturated rings. The van der Waals surface area contributed by atoms with Crippen molar-refractivity contribution in [1.82, 2.24) is 14.7 Å². The van der Waals surface area contributed by atoms with E-state index in [1.807, 2.05) is 24.0 Å². The highest BCUT2D eigenvalue weighted by atomic mass is 19.1. The van der Waals surface area contributed by atoms with E-state index in [2.05, 4.69) is 4.90 Å². The molecular formula is C23H28FN3O3. The number of benzene rings is 1. The molecular weight excluding hydrogens is 385 g/mol. The SMILES string of the molecule is Cc1ccc(CN(C(=O)CN2CCCN(C(=O)c3cccc(F)c3)CC2)C2CC2)o1. The number of carbonyl (C=O) groups excluding carboxylic acids is 2. The molecule has 0 radical (unpaired) electrons. The number of hydrogen-bond donors (Lipinski definition) is 0. The van der Waals surface area contributed by atoms with Crippen molar-refractivity contribution >= 4 is 11.8 Å². The van der Waals surface area contributed by atoms with Crippen LogP contribution in [0.15, 0.2) is 40.8 Å². The molecule has 7 heteroatoms. The van der Waals surface area contributed by atoms with Gasteiger partial charge in [-0.25, -0.2) is 4.39 Å². The highest BCUT2D eigenvalue weighted by Gasteiger charge is 2.34. The third-order valence-electron chi connectivity index (χ3n) is 5.74. The first-order chi connectivity index (χ1) is 14.5. The third kappa shape index (κ3) is 5.08. The van der Waals surface area contributed by atoms with Gasteiger partial charge in [0.15, 0.2) is 0 Å². The van der Waals surface area contributed by atoms with Gasteiger partial charge in [0.05, 0.1) is 13.1 Å². The summed E-state index contributed by atoms with van der Waals surface area (Å²) in [5.74, 6) is 1.21. The maximum atomic E-state index is 13.5. The Morgan fingerprint density at radius 3 is 2.67 bits per heavy atom. The predicted octanol–water partition coefficient (Wildman–Crippen LogP) is 3.07. The summed E-state index contributed by atoms with van der Waals surface area (Å²) in [4.78, 5) is 31.5. The van der Waals surface area contributed by atoms with Crippen LogP contribution in [-0.4, -0.2) is 65.3 Å². The molecule has 0 bridgehead atoms. The summed E-state index contributed by atoms with van der Waals surface area (Å²) < 4.78 is 19.1. The van der Waals surface area contributed by atoms with Gasteiger partial charge in [-0.05, 0) is 56.5 Å². The monoisotopic (exact) mass is 413 g/mol. The molecule has 2 heterocycles. The van der Waals surface area contributed by atoms with Crippen LogP contribution in [0.2, 0.25) is 0 Å². The summed E-state index contributed by atoms with van der Waals surface area (Å²) >= 11 is 0. The van der Waals surface area contributed by atoms with Crippen molar-refractivity contribution in [3.8, 4) is 0 Å². The van der Waals surface area contributed by atoms with Crippen LogP contribution in [0.5, 0.6) is 0 Å². The number of nitrogens with zero attached hydrogens (tertiary/aromatic N) is 3. The van der Waals surface area contributed by atoms with Crippen LogP contribution in [0.1, 0.15) is 41.1 Å². The molecule has 0 atom stereocenters. The number of aryl methyl sites for hydroxylation is 1. The number of amides is 2. The Bertz CT molecular complexity index is 909. The van der Waals surface area contributed by atoms with Crippen molar-refractivity contribution in [2.24, 2.45) is 0 Å². The van der Waals surface area contributed by atoms with Crippen LogP contribution in [-0.2, 0) is 11.3 Å². The van der Waals surface area contributed by atoms with Gasteiger partial charge in [0.1, 0.15) is 17.3 Å². The molecule has 2 amide bonds. The van der Waals surface area contributed by atoms with Gasteiger partial charge < -0.3 is 14.2 Å².